The monoisotopic (exact) mass is 380 g/mol. The molecule has 2 N–H and O–H groups in total. The van der Waals surface area contributed by atoms with Gasteiger partial charge >= 0.3 is 0 Å². The highest BCUT2D eigenvalue weighted by molar-refractivity contribution is 5.85. The molecule has 0 unspecified atom stereocenters. The van der Waals surface area contributed by atoms with E-state index in [9.17, 15) is 0 Å². The number of nitrogens with two attached hydrogens (primary N) is 1. The summed E-state index contributed by atoms with van der Waals surface area (Å²) in [7, 11) is 2.12. The van der Waals surface area contributed by atoms with Crippen LogP contribution in [0.1, 0.15) is 0 Å². The molecule has 0 bridgehead atoms. The van der Waals surface area contributed by atoms with Crippen LogP contribution >= 0.6 is 0 Å². The third-order valence-electron chi connectivity index (χ3n) is 4.73. The third kappa shape index (κ3) is 4.07. The summed E-state index contributed by atoms with van der Waals surface area (Å²) in [6.07, 6.45) is 3.34. The van der Waals surface area contributed by atoms with Gasteiger partial charge in [0.1, 0.15) is 30.3 Å². The minimum absolute atomic E-state index is 0.359. The molecule has 8 nitrogen and oxygen atoms in total. The van der Waals surface area contributed by atoms with Crippen LogP contribution in [0.3, 0.4) is 0 Å². The van der Waals surface area contributed by atoms with Crippen molar-refractivity contribution in [3.8, 4) is 11.6 Å². The predicted octanol–water partition coefficient (Wildman–Crippen LogP) is 1.82. The molecule has 3 aromatic rings. The highest BCUT2D eigenvalue weighted by Gasteiger charge is 2.19. The first-order valence-corrected chi connectivity index (χ1v) is 9.36. The van der Waals surface area contributed by atoms with E-state index in [1.54, 1.807) is 18.5 Å². The smallest absolute Gasteiger partial charge is 0.257 e. The van der Waals surface area contributed by atoms with Gasteiger partial charge in [0, 0.05) is 44.0 Å². The van der Waals surface area contributed by atoms with E-state index in [-0.39, 0.29) is 0 Å². The first kappa shape index (κ1) is 18.2. The van der Waals surface area contributed by atoms with Crippen molar-refractivity contribution in [1.82, 2.24) is 19.9 Å². The number of hydrogen-bond donors (Lipinski definition) is 1. The fraction of sp³-hybridized carbons (Fsp3) is 0.350. The summed E-state index contributed by atoms with van der Waals surface area (Å²) in [4.78, 5) is 17.7. The lowest BCUT2D eigenvalue weighted by Crippen LogP contribution is -2.45. The van der Waals surface area contributed by atoms with Gasteiger partial charge in [0.25, 0.3) is 5.88 Å². The maximum Gasteiger partial charge on any atom is 0.257 e. The second-order valence-electron chi connectivity index (χ2n) is 6.74. The second kappa shape index (κ2) is 8.26. The maximum absolute atomic E-state index is 5.88. The van der Waals surface area contributed by atoms with E-state index in [0.29, 0.717) is 30.7 Å². The van der Waals surface area contributed by atoms with E-state index < -0.39 is 0 Å². The highest BCUT2D eigenvalue weighted by atomic mass is 16.5. The molecule has 0 atom stereocenters. The zero-order valence-corrected chi connectivity index (χ0v) is 15.9. The summed E-state index contributed by atoms with van der Waals surface area (Å²) < 4.78 is 11.8. The standard InChI is InChI=1S/C20H24N6O2/c1-25-9-11-26(12-10-25)19-20(23-8-7-22-19)28-14-13-27-16-4-2-3-15-5-6-17(21)24-18(15)16/h2-8H,9-14H2,1H3,(H2,21,24). The lowest BCUT2D eigenvalue weighted by molar-refractivity contribution is 0.212. The zero-order valence-electron chi connectivity index (χ0n) is 15.9. The number of rotatable bonds is 6. The number of likely N-dealkylation sites (N-methyl/N-ethyl adjacent to an activating group) is 1. The first-order valence-electron chi connectivity index (χ1n) is 9.36. The first-order chi connectivity index (χ1) is 13.7. The molecule has 0 spiro atoms. The van der Waals surface area contributed by atoms with Gasteiger partial charge in [-0.25, -0.2) is 15.0 Å². The van der Waals surface area contributed by atoms with Gasteiger partial charge in [-0.05, 0) is 25.2 Å². The molecule has 1 saturated heterocycles. The number of benzene rings is 1. The fourth-order valence-corrected chi connectivity index (χ4v) is 3.20. The van der Waals surface area contributed by atoms with Gasteiger partial charge in [-0.1, -0.05) is 12.1 Å². The lowest BCUT2D eigenvalue weighted by atomic mass is 10.2. The van der Waals surface area contributed by atoms with Crippen molar-refractivity contribution in [2.24, 2.45) is 0 Å². The zero-order chi connectivity index (χ0) is 19.3. The Labute approximate surface area is 163 Å². The normalized spacial score (nSPS) is 15.0. The third-order valence-corrected chi connectivity index (χ3v) is 4.73. The molecular weight excluding hydrogens is 356 g/mol. The number of nitrogen functional groups attached to an aromatic ring is 1. The number of aromatic nitrogens is 3. The van der Waals surface area contributed by atoms with Crippen LogP contribution in [0.2, 0.25) is 0 Å². The molecule has 0 saturated carbocycles. The van der Waals surface area contributed by atoms with Crippen molar-refractivity contribution in [1.29, 1.82) is 0 Å². The summed E-state index contributed by atoms with van der Waals surface area (Å²) in [6, 6.07) is 9.51. The number of para-hydroxylation sites is 1. The van der Waals surface area contributed by atoms with Gasteiger partial charge in [-0.2, -0.15) is 0 Å². The van der Waals surface area contributed by atoms with Gasteiger partial charge in [0.2, 0.25) is 0 Å². The van der Waals surface area contributed by atoms with Crippen LogP contribution in [-0.2, 0) is 0 Å². The predicted molar refractivity (Wildman–Crippen MR) is 109 cm³/mol. The Morgan fingerprint density at radius 2 is 1.75 bits per heavy atom. The van der Waals surface area contributed by atoms with Gasteiger partial charge in [0.15, 0.2) is 5.82 Å². The largest absolute Gasteiger partial charge is 0.488 e. The van der Waals surface area contributed by atoms with Gasteiger partial charge < -0.3 is 25.0 Å². The maximum atomic E-state index is 5.88. The number of piperazine rings is 1. The van der Waals surface area contributed by atoms with E-state index in [1.807, 2.05) is 24.3 Å². The Morgan fingerprint density at radius 3 is 2.61 bits per heavy atom. The molecule has 3 heterocycles. The van der Waals surface area contributed by atoms with Gasteiger partial charge in [-0.15, -0.1) is 0 Å². The Hall–Kier alpha value is -3.13. The molecule has 28 heavy (non-hydrogen) atoms. The number of fused-ring (bicyclic) bond motifs is 1. The lowest BCUT2D eigenvalue weighted by Gasteiger charge is -2.33. The average Bonchev–Trinajstić information content (AvgIpc) is 2.72. The summed E-state index contributed by atoms with van der Waals surface area (Å²) >= 11 is 0. The Balaban J connectivity index is 1.38. The number of pyridine rings is 1. The SMILES string of the molecule is CN1CCN(c2nccnc2OCCOc2cccc3ccc(N)nc23)CC1. The molecule has 4 rings (SSSR count). The van der Waals surface area contributed by atoms with Crippen LogP contribution < -0.4 is 20.1 Å². The van der Waals surface area contributed by atoms with E-state index in [0.717, 1.165) is 42.9 Å². The second-order valence-corrected chi connectivity index (χ2v) is 6.74. The molecule has 1 aliphatic heterocycles. The van der Waals surface area contributed by atoms with E-state index in [2.05, 4.69) is 31.8 Å². The molecule has 1 aromatic carbocycles. The molecule has 146 valence electrons. The minimum Gasteiger partial charge on any atom is -0.488 e. The minimum atomic E-state index is 0.359. The van der Waals surface area contributed by atoms with Crippen LogP contribution in [0, 0.1) is 0 Å². The van der Waals surface area contributed by atoms with Crippen LogP contribution in [0.25, 0.3) is 10.9 Å². The van der Waals surface area contributed by atoms with Crippen LogP contribution in [-0.4, -0.2) is 66.3 Å². The van der Waals surface area contributed by atoms with Gasteiger partial charge in [-0.3, -0.25) is 0 Å². The van der Waals surface area contributed by atoms with E-state index in [1.165, 1.54) is 0 Å². The number of hydrogen-bond acceptors (Lipinski definition) is 8. The van der Waals surface area contributed by atoms with E-state index in [4.69, 9.17) is 15.2 Å². The van der Waals surface area contributed by atoms with Crippen LogP contribution in [0.5, 0.6) is 11.6 Å². The van der Waals surface area contributed by atoms with E-state index >= 15 is 0 Å². The number of ether oxygens (including phenoxy) is 2. The fourth-order valence-electron chi connectivity index (χ4n) is 3.20. The molecule has 1 fully saturated rings. The highest BCUT2D eigenvalue weighted by Crippen LogP contribution is 2.25. The van der Waals surface area contributed by atoms with Gasteiger partial charge in [0.05, 0.1) is 0 Å². The summed E-state index contributed by atoms with van der Waals surface area (Å²) in [5.41, 5.74) is 6.56. The molecule has 0 aliphatic carbocycles. The number of nitrogens with zero attached hydrogens (tertiary/aromatic N) is 5. The average molecular weight is 380 g/mol. The molecule has 0 radical (unpaired) electrons. The van der Waals surface area contributed by atoms with Crippen molar-refractivity contribution >= 4 is 22.5 Å². The molecule has 2 aromatic heterocycles. The van der Waals surface area contributed by atoms with Crippen LogP contribution in [0.15, 0.2) is 42.7 Å². The molecular formula is C20H24N6O2. The van der Waals surface area contributed by atoms with Crippen molar-refractivity contribution in [3.63, 3.8) is 0 Å². The molecule has 0 amide bonds. The summed E-state index contributed by atoms with van der Waals surface area (Å²) in [5, 5.41) is 0.985. The Kier molecular flexibility index (Phi) is 5.38. The summed E-state index contributed by atoms with van der Waals surface area (Å²) in [6.45, 7) is 4.54. The topological polar surface area (TPSA) is 89.6 Å². The quantitative estimate of drug-likeness (QED) is 0.648. The Morgan fingerprint density at radius 1 is 0.964 bits per heavy atom. The van der Waals surface area contributed by atoms with Crippen molar-refractivity contribution in [2.75, 3.05) is 57.1 Å². The molecule has 8 heteroatoms. The van der Waals surface area contributed by atoms with Crippen molar-refractivity contribution in [3.05, 3.63) is 42.7 Å². The van der Waals surface area contributed by atoms with Crippen LogP contribution in [0.4, 0.5) is 11.6 Å². The van der Waals surface area contributed by atoms with Crippen molar-refractivity contribution < 1.29 is 9.47 Å². The summed E-state index contributed by atoms with van der Waals surface area (Å²) in [5.74, 6) is 2.48. The Bertz CT molecular complexity index is 943. The van der Waals surface area contributed by atoms with Crippen molar-refractivity contribution in [2.45, 2.75) is 0 Å². The molecule has 1 aliphatic rings. The number of anilines is 2.